The summed E-state index contributed by atoms with van der Waals surface area (Å²) in [6.07, 6.45) is 1.86. The third kappa shape index (κ3) is 3.34. The molecule has 0 spiro atoms. The van der Waals surface area contributed by atoms with Crippen LogP contribution in [0.3, 0.4) is 0 Å². The van der Waals surface area contributed by atoms with Crippen LogP contribution in [0.2, 0.25) is 0 Å². The lowest BCUT2D eigenvalue weighted by molar-refractivity contribution is -0.150. The van der Waals surface area contributed by atoms with Crippen LogP contribution >= 0.6 is 12.2 Å². The number of aryl methyl sites for hydroxylation is 2. The van der Waals surface area contributed by atoms with Crippen molar-refractivity contribution in [3.63, 3.8) is 0 Å². The maximum atomic E-state index is 12.0. The highest BCUT2D eigenvalue weighted by Crippen LogP contribution is 2.19. The van der Waals surface area contributed by atoms with E-state index in [2.05, 4.69) is 14.9 Å². The summed E-state index contributed by atoms with van der Waals surface area (Å²) in [5.41, 5.74) is 1.97. The second kappa shape index (κ2) is 6.98. The van der Waals surface area contributed by atoms with E-state index in [9.17, 15) is 4.79 Å². The molecule has 1 aliphatic rings. The van der Waals surface area contributed by atoms with Gasteiger partial charge < -0.3 is 4.74 Å². The molecule has 0 bridgehead atoms. The minimum absolute atomic E-state index is 0.0616. The number of hydrogen-bond donors (Lipinski definition) is 0. The highest BCUT2D eigenvalue weighted by molar-refractivity contribution is 7.71. The van der Waals surface area contributed by atoms with Gasteiger partial charge in [0.2, 0.25) is 4.77 Å². The Kier molecular flexibility index (Phi) is 4.96. The van der Waals surface area contributed by atoms with Crippen LogP contribution in [-0.4, -0.2) is 49.7 Å². The zero-order valence-corrected chi connectivity index (χ0v) is 15.2. The molecule has 1 atom stereocenters. The molecule has 0 aliphatic carbocycles. The maximum absolute atomic E-state index is 12.0. The van der Waals surface area contributed by atoms with Gasteiger partial charge in [0.25, 0.3) is 5.78 Å². The summed E-state index contributed by atoms with van der Waals surface area (Å²) in [6, 6.07) is 2.01. The Hall–Kier alpha value is -1.80. The quantitative estimate of drug-likeness (QED) is 0.622. The van der Waals surface area contributed by atoms with E-state index in [0.29, 0.717) is 30.4 Å². The van der Waals surface area contributed by atoms with E-state index in [0.717, 1.165) is 30.8 Å². The maximum Gasteiger partial charge on any atom is 0.310 e. The molecule has 0 amide bonds. The molecule has 0 unspecified atom stereocenters. The number of carbonyl (C=O) groups excluding carboxylic acids is 1. The highest BCUT2D eigenvalue weighted by Gasteiger charge is 2.27. The number of carbonyl (C=O) groups is 1. The van der Waals surface area contributed by atoms with Crippen molar-refractivity contribution in [2.45, 2.75) is 40.3 Å². The van der Waals surface area contributed by atoms with Crippen molar-refractivity contribution in [3.05, 3.63) is 22.2 Å². The van der Waals surface area contributed by atoms with Gasteiger partial charge in [0.15, 0.2) is 0 Å². The van der Waals surface area contributed by atoms with E-state index >= 15 is 0 Å². The molecule has 0 radical (unpaired) electrons. The highest BCUT2D eigenvalue weighted by atomic mass is 32.1. The van der Waals surface area contributed by atoms with Crippen LogP contribution in [0.25, 0.3) is 5.78 Å². The molecular formula is C16H23N5O2S. The van der Waals surface area contributed by atoms with E-state index in [4.69, 9.17) is 17.0 Å². The number of ether oxygens (including phenoxy) is 1. The fourth-order valence-electron chi connectivity index (χ4n) is 3.31. The standard InChI is InChI=1S/C16H23N5O2S/c1-4-23-14(22)13-6-5-7-19(9-13)10-20-16(24)18-15-17-11(2)8-12(3)21(15)20/h8,13H,4-7,9-10H2,1-3H3/t13-/m1/s1. The summed E-state index contributed by atoms with van der Waals surface area (Å²) >= 11 is 5.42. The Morgan fingerprint density at radius 2 is 2.21 bits per heavy atom. The van der Waals surface area contributed by atoms with Crippen LogP contribution in [0.4, 0.5) is 0 Å². The van der Waals surface area contributed by atoms with Gasteiger partial charge in [-0.3, -0.25) is 9.69 Å². The number of fused-ring (bicyclic) bond motifs is 1. The lowest BCUT2D eigenvalue weighted by Gasteiger charge is -2.31. The molecule has 24 heavy (non-hydrogen) atoms. The molecule has 3 rings (SSSR count). The second-order valence-electron chi connectivity index (χ2n) is 6.25. The molecule has 3 heterocycles. The lowest BCUT2D eigenvalue weighted by atomic mass is 9.99. The molecule has 2 aromatic rings. The normalized spacial score (nSPS) is 18.9. The van der Waals surface area contributed by atoms with Crippen LogP contribution in [0.15, 0.2) is 6.07 Å². The fraction of sp³-hybridized carbons (Fsp3) is 0.625. The minimum atomic E-state index is -0.0996. The van der Waals surface area contributed by atoms with Crippen LogP contribution in [0.5, 0.6) is 0 Å². The van der Waals surface area contributed by atoms with Crippen molar-refractivity contribution in [3.8, 4) is 0 Å². The van der Waals surface area contributed by atoms with Gasteiger partial charge in [-0.05, 0) is 58.4 Å². The first-order chi connectivity index (χ1) is 11.5. The smallest absolute Gasteiger partial charge is 0.310 e. The molecule has 1 saturated heterocycles. The average molecular weight is 349 g/mol. The molecular weight excluding hydrogens is 326 g/mol. The Labute approximate surface area is 146 Å². The van der Waals surface area contributed by atoms with Crippen LogP contribution in [-0.2, 0) is 16.2 Å². The number of esters is 1. The van der Waals surface area contributed by atoms with Crippen molar-refractivity contribution in [1.82, 2.24) is 24.1 Å². The zero-order valence-electron chi connectivity index (χ0n) is 14.4. The summed E-state index contributed by atoms with van der Waals surface area (Å²) in [5, 5.41) is 0. The Morgan fingerprint density at radius 1 is 1.42 bits per heavy atom. The molecule has 1 aliphatic heterocycles. The van der Waals surface area contributed by atoms with Gasteiger partial charge in [-0.15, -0.1) is 0 Å². The lowest BCUT2D eigenvalue weighted by Crippen LogP contribution is -2.40. The van der Waals surface area contributed by atoms with E-state index in [-0.39, 0.29) is 11.9 Å². The molecule has 130 valence electrons. The van der Waals surface area contributed by atoms with Crippen LogP contribution < -0.4 is 0 Å². The Balaban J connectivity index is 1.83. The third-order valence-corrected chi connectivity index (χ3v) is 4.64. The third-order valence-electron chi connectivity index (χ3n) is 4.33. The number of likely N-dealkylation sites (tertiary alicyclic amines) is 1. The van der Waals surface area contributed by atoms with Crippen molar-refractivity contribution >= 4 is 24.0 Å². The van der Waals surface area contributed by atoms with Crippen molar-refractivity contribution in [1.29, 1.82) is 0 Å². The largest absolute Gasteiger partial charge is 0.466 e. The molecule has 0 saturated carbocycles. The van der Waals surface area contributed by atoms with E-state index in [1.165, 1.54) is 0 Å². The average Bonchev–Trinajstić information content (AvgIpc) is 2.83. The summed E-state index contributed by atoms with van der Waals surface area (Å²) in [4.78, 5) is 23.1. The zero-order chi connectivity index (χ0) is 17.3. The van der Waals surface area contributed by atoms with Crippen LogP contribution in [0, 0.1) is 24.5 Å². The van der Waals surface area contributed by atoms with Gasteiger partial charge in [-0.1, -0.05) is 0 Å². The van der Waals surface area contributed by atoms with Crippen molar-refractivity contribution in [2.24, 2.45) is 5.92 Å². The molecule has 8 heteroatoms. The number of nitrogens with zero attached hydrogens (tertiary/aromatic N) is 5. The SMILES string of the molecule is CCOC(=O)[C@@H]1CCCN(Cn2c(=S)nc3nc(C)cc(C)n32)C1. The molecule has 7 nitrogen and oxygen atoms in total. The molecule has 0 N–H and O–H groups in total. The van der Waals surface area contributed by atoms with Gasteiger partial charge in [-0.2, -0.15) is 4.98 Å². The predicted octanol–water partition coefficient (Wildman–Crippen LogP) is 2.11. The summed E-state index contributed by atoms with van der Waals surface area (Å²) in [7, 11) is 0. The number of hydrogen-bond acceptors (Lipinski definition) is 6. The van der Waals surface area contributed by atoms with Gasteiger partial charge in [0.05, 0.1) is 19.2 Å². The fourth-order valence-corrected chi connectivity index (χ4v) is 3.53. The van der Waals surface area contributed by atoms with Gasteiger partial charge in [-0.25, -0.2) is 14.2 Å². The molecule has 1 fully saturated rings. The first kappa shape index (κ1) is 17.0. The van der Waals surface area contributed by atoms with Crippen molar-refractivity contribution < 1.29 is 9.53 Å². The van der Waals surface area contributed by atoms with E-state index in [1.807, 2.05) is 36.0 Å². The van der Waals surface area contributed by atoms with Crippen molar-refractivity contribution in [2.75, 3.05) is 19.7 Å². The van der Waals surface area contributed by atoms with Gasteiger partial charge in [0, 0.05) is 17.9 Å². The molecule has 2 aromatic heterocycles. The predicted molar refractivity (Wildman–Crippen MR) is 92.2 cm³/mol. The Morgan fingerprint density at radius 3 is 2.96 bits per heavy atom. The number of piperidine rings is 1. The van der Waals surface area contributed by atoms with E-state index in [1.54, 1.807) is 0 Å². The van der Waals surface area contributed by atoms with Gasteiger partial charge in [0.1, 0.15) is 0 Å². The second-order valence-corrected chi connectivity index (χ2v) is 6.62. The monoisotopic (exact) mass is 349 g/mol. The minimum Gasteiger partial charge on any atom is -0.466 e. The number of rotatable bonds is 4. The van der Waals surface area contributed by atoms with Crippen LogP contribution in [0.1, 0.15) is 31.2 Å². The summed E-state index contributed by atoms with van der Waals surface area (Å²) in [5.74, 6) is 0.461. The molecule has 0 aromatic carbocycles. The van der Waals surface area contributed by atoms with Gasteiger partial charge >= 0.3 is 5.97 Å². The Bertz CT molecular complexity index is 813. The topological polar surface area (TPSA) is 64.7 Å². The summed E-state index contributed by atoms with van der Waals surface area (Å²) < 4.78 is 9.57. The summed E-state index contributed by atoms with van der Waals surface area (Å²) in [6.45, 7) is 8.46. The number of aromatic nitrogens is 4. The first-order valence-electron chi connectivity index (χ1n) is 8.32. The first-order valence-corrected chi connectivity index (χ1v) is 8.73. The van der Waals surface area contributed by atoms with E-state index < -0.39 is 0 Å².